The van der Waals surface area contributed by atoms with Crippen molar-refractivity contribution in [2.45, 2.75) is 25.8 Å². The standard InChI is InChI=1S/C9H19N2O/c1-2-6-12-7-3-9-8-10-4-5-11-9/h9-10H,2-8H2,1H3. The summed E-state index contributed by atoms with van der Waals surface area (Å²) in [6, 6.07) is 0.496. The van der Waals surface area contributed by atoms with Crippen LogP contribution in [-0.4, -0.2) is 38.9 Å². The summed E-state index contributed by atoms with van der Waals surface area (Å²) in [6.45, 7) is 6.94. The van der Waals surface area contributed by atoms with Gasteiger partial charge in [0.2, 0.25) is 0 Å². The Hall–Kier alpha value is -0.120. The second-order valence-corrected chi connectivity index (χ2v) is 3.17. The molecule has 1 saturated heterocycles. The third-order valence-electron chi connectivity index (χ3n) is 2.00. The fraction of sp³-hybridized carbons (Fsp3) is 1.00. The number of rotatable bonds is 5. The minimum atomic E-state index is 0.496. The molecule has 1 aliphatic heterocycles. The first-order valence-electron chi connectivity index (χ1n) is 4.88. The molecule has 1 heterocycles. The van der Waals surface area contributed by atoms with Crippen LogP contribution in [0.2, 0.25) is 0 Å². The van der Waals surface area contributed by atoms with Gasteiger partial charge >= 0.3 is 0 Å². The van der Waals surface area contributed by atoms with Gasteiger partial charge in [0.05, 0.1) is 0 Å². The lowest BCUT2D eigenvalue weighted by Crippen LogP contribution is -2.44. The van der Waals surface area contributed by atoms with Gasteiger partial charge in [0.1, 0.15) is 0 Å². The summed E-state index contributed by atoms with van der Waals surface area (Å²) in [5, 5.41) is 7.81. The highest BCUT2D eigenvalue weighted by Crippen LogP contribution is 1.96. The largest absolute Gasteiger partial charge is 0.381 e. The molecule has 0 aromatic rings. The van der Waals surface area contributed by atoms with Crippen molar-refractivity contribution >= 4 is 0 Å². The summed E-state index contributed by atoms with van der Waals surface area (Å²) in [6.07, 6.45) is 2.19. The number of ether oxygens (including phenoxy) is 1. The van der Waals surface area contributed by atoms with Crippen LogP contribution in [0.1, 0.15) is 19.8 Å². The van der Waals surface area contributed by atoms with Crippen LogP contribution >= 0.6 is 0 Å². The molecule has 12 heavy (non-hydrogen) atoms. The molecule has 0 bridgehead atoms. The minimum absolute atomic E-state index is 0.496. The van der Waals surface area contributed by atoms with Gasteiger partial charge in [0.15, 0.2) is 0 Å². The number of hydrogen-bond acceptors (Lipinski definition) is 2. The van der Waals surface area contributed by atoms with E-state index in [9.17, 15) is 0 Å². The maximum absolute atomic E-state index is 5.40. The highest BCUT2D eigenvalue weighted by atomic mass is 16.5. The predicted molar refractivity (Wildman–Crippen MR) is 49.4 cm³/mol. The number of hydrogen-bond donors (Lipinski definition) is 1. The van der Waals surface area contributed by atoms with E-state index in [0.29, 0.717) is 6.04 Å². The number of nitrogens with one attached hydrogen (secondary N) is 1. The van der Waals surface area contributed by atoms with E-state index in [1.54, 1.807) is 0 Å². The van der Waals surface area contributed by atoms with Crippen molar-refractivity contribution < 1.29 is 4.74 Å². The van der Waals surface area contributed by atoms with E-state index in [4.69, 9.17) is 4.74 Å². The number of piperazine rings is 1. The SMILES string of the molecule is CCCOCCC1CNCC[N]1. The maximum atomic E-state index is 5.40. The highest BCUT2D eigenvalue weighted by Gasteiger charge is 2.12. The highest BCUT2D eigenvalue weighted by molar-refractivity contribution is 4.74. The van der Waals surface area contributed by atoms with Crippen molar-refractivity contribution in [2.75, 3.05) is 32.8 Å². The Labute approximate surface area is 74.9 Å². The van der Waals surface area contributed by atoms with E-state index >= 15 is 0 Å². The molecule has 0 amide bonds. The average Bonchev–Trinajstić information content (AvgIpc) is 2.14. The lowest BCUT2D eigenvalue weighted by Gasteiger charge is -2.22. The molecule has 0 aromatic heterocycles. The fourth-order valence-electron chi connectivity index (χ4n) is 1.32. The van der Waals surface area contributed by atoms with Crippen LogP contribution < -0.4 is 10.6 Å². The van der Waals surface area contributed by atoms with Gasteiger partial charge < -0.3 is 10.1 Å². The van der Waals surface area contributed by atoms with E-state index in [0.717, 1.165) is 45.7 Å². The minimum Gasteiger partial charge on any atom is -0.381 e. The fourth-order valence-corrected chi connectivity index (χ4v) is 1.32. The molecular weight excluding hydrogens is 152 g/mol. The van der Waals surface area contributed by atoms with Crippen molar-refractivity contribution in [1.82, 2.24) is 10.6 Å². The third-order valence-corrected chi connectivity index (χ3v) is 2.00. The molecule has 1 N–H and O–H groups in total. The average molecular weight is 171 g/mol. The van der Waals surface area contributed by atoms with Crippen LogP contribution in [0.25, 0.3) is 0 Å². The van der Waals surface area contributed by atoms with Crippen molar-refractivity contribution in [3.63, 3.8) is 0 Å². The molecule has 0 aliphatic carbocycles. The van der Waals surface area contributed by atoms with Crippen molar-refractivity contribution in [1.29, 1.82) is 0 Å². The first-order valence-corrected chi connectivity index (χ1v) is 4.88. The summed E-state index contributed by atoms with van der Waals surface area (Å²) in [7, 11) is 0. The maximum Gasteiger partial charge on any atom is 0.0481 e. The normalized spacial score (nSPS) is 24.2. The lowest BCUT2D eigenvalue weighted by molar-refractivity contribution is 0.122. The molecule has 0 aromatic carbocycles. The summed E-state index contributed by atoms with van der Waals surface area (Å²) < 4.78 is 5.40. The van der Waals surface area contributed by atoms with Gasteiger partial charge in [0, 0.05) is 38.9 Å². The first kappa shape index (κ1) is 9.96. The second-order valence-electron chi connectivity index (χ2n) is 3.17. The molecule has 1 atom stereocenters. The molecule has 1 radical (unpaired) electrons. The van der Waals surface area contributed by atoms with Crippen LogP contribution in [0.15, 0.2) is 0 Å². The zero-order valence-electron chi connectivity index (χ0n) is 7.88. The molecule has 0 spiro atoms. The zero-order valence-corrected chi connectivity index (χ0v) is 7.88. The van der Waals surface area contributed by atoms with Gasteiger partial charge in [-0.2, -0.15) is 0 Å². The van der Waals surface area contributed by atoms with E-state index in [-0.39, 0.29) is 0 Å². The van der Waals surface area contributed by atoms with Crippen molar-refractivity contribution in [3.8, 4) is 0 Å². The van der Waals surface area contributed by atoms with Gasteiger partial charge in [-0.05, 0) is 12.8 Å². The van der Waals surface area contributed by atoms with Crippen LogP contribution in [0.5, 0.6) is 0 Å². The van der Waals surface area contributed by atoms with Gasteiger partial charge in [-0.15, -0.1) is 0 Å². The van der Waals surface area contributed by atoms with Gasteiger partial charge in [0.25, 0.3) is 0 Å². The van der Waals surface area contributed by atoms with E-state index < -0.39 is 0 Å². The van der Waals surface area contributed by atoms with Crippen molar-refractivity contribution in [3.05, 3.63) is 0 Å². The Balaban J connectivity index is 1.91. The van der Waals surface area contributed by atoms with E-state index in [1.807, 2.05) is 0 Å². The summed E-state index contributed by atoms with van der Waals surface area (Å²) >= 11 is 0. The van der Waals surface area contributed by atoms with Crippen LogP contribution in [0.3, 0.4) is 0 Å². The molecule has 1 aliphatic rings. The van der Waals surface area contributed by atoms with Crippen LogP contribution in [0.4, 0.5) is 0 Å². The molecule has 71 valence electrons. The smallest absolute Gasteiger partial charge is 0.0481 e. The quantitative estimate of drug-likeness (QED) is 0.607. The molecule has 0 saturated carbocycles. The monoisotopic (exact) mass is 171 g/mol. The van der Waals surface area contributed by atoms with Gasteiger partial charge in [-0.25, -0.2) is 5.32 Å². The zero-order chi connectivity index (χ0) is 8.65. The summed E-state index contributed by atoms with van der Waals surface area (Å²) in [4.78, 5) is 0. The summed E-state index contributed by atoms with van der Waals surface area (Å²) in [5.74, 6) is 0. The molecule has 1 rings (SSSR count). The Kier molecular flexibility index (Phi) is 5.32. The Bertz CT molecular complexity index is 103. The molecule has 1 unspecified atom stereocenters. The third kappa shape index (κ3) is 4.04. The van der Waals surface area contributed by atoms with Gasteiger partial charge in [-0.3, -0.25) is 0 Å². The first-order chi connectivity index (χ1) is 5.93. The Morgan fingerprint density at radius 3 is 3.08 bits per heavy atom. The van der Waals surface area contributed by atoms with E-state index in [1.165, 1.54) is 0 Å². The molecular formula is C9H19N2O. The second kappa shape index (κ2) is 6.40. The molecule has 3 nitrogen and oxygen atoms in total. The lowest BCUT2D eigenvalue weighted by atomic mass is 10.2. The molecule has 3 heteroatoms. The topological polar surface area (TPSA) is 35.4 Å². The van der Waals surface area contributed by atoms with Crippen molar-refractivity contribution in [2.24, 2.45) is 0 Å². The van der Waals surface area contributed by atoms with Crippen LogP contribution in [-0.2, 0) is 4.74 Å². The Morgan fingerprint density at radius 2 is 2.42 bits per heavy atom. The van der Waals surface area contributed by atoms with E-state index in [2.05, 4.69) is 17.6 Å². The Morgan fingerprint density at radius 1 is 1.50 bits per heavy atom. The summed E-state index contributed by atoms with van der Waals surface area (Å²) in [5.41, 5.74) is 0. The number of nitrogens with zero attached hydrogens (tertiary/aromatic N) is 1. The predicted octanol–water partition coefficient (Wildman–Crippen LogP) is 0.379. The molecule has 1 fully saturated rings. The van der Waals surface area contributed by atoms with Crippen LogP contribution in [0, 0.1) is 0 Å². The van der Waals surface area contributed by atoms with Gasteiger partial charge in [-0.1, -0.05) is 6.92 Å².